The molecule has 6 heteroatoms. The molecule has 4 nitrogen and oxygen atoms in total. The maximum atomic E-state index is 11.3. The number of fused-ring (bicyclic) bond motifs is 1. The van der Waals surface area contributed by atoms with E-state index in [2.05, 4.69) is 4.98 Å². The van der Waals surface area contributed by atoms with Gasteiger partial charge in [0.15, 0.2) is 0 Å². The number of aromatic nitrogens is 1. The SMILES string of the molecule is Cc1ccc(Cl)c2nc(CC(C)C)c([N+](=O)[O-])c(Cl)c12. The number of rotatable bonds is 3. The summed E-state index contributed by atoms with van der Waals surface area (Å²) in [6.07, 6.45) is 0.482. The van der Waals surface area contributed by atoms with E-state index in [0.29, 0.717) is 28.0 Å². The molecule has 0 amide bonds. The Hall–Kier alpha value is -1.39. The predicted molar refractivity (Wildman–Crippen MR) is 81.7 cm³/mol. The average molecular weight is 313 g/mol. The molecule has 0 radical (unpaired) electrons. The third-order valence-electron chi connectivity index (χ3n) is 3.07. The minimum absolute atomic E-state index is 0.113. The number of nitrogens with zero attached hydrogens (tertiary/aromatic N) is 2. The Morgan fingerprint density at radius 2 is 2.00 bits per heavy atom. The van der Waals surface area contributed by atoms with Crippen LogP contribution in [-0.4, -0.2) is 9.91 Å². The van der Waals surface area contributed by atoms with Crippen LogP contribution in [0.15, 0.2) is 12.1 Å². The van der Waals surface area contributed by atoms with Crippen molar-refractivity contribution in [3.63, 3.8) is 0 Å². The van der Waals surface area contributed by atoms with Crippen LogP contribution in [0.2, 0.25) is 10.0 Å². The van der Waals surface area contributed by atoms with Crippen LogP contribution in [0.5, 0.6) is 0 Å². The van der Waals surface area contributed by atoms with Crippen LogP contribution >= 0.6 is 23.2 Å². The fraction of sp³-hybridized carbons (Fsp3) is 0.357. The molecular weight excluding hydrogens is 299 g/mol. The number of pyridine rings is 1. The topological polar surface area (TPSA) is 56.0 Å². The monoisotopic (exact) mass is 312 g/mol. The van der Waals surface area contributed by atoms with Crippen molar-refractivity contribution in [2.75, 3.05) is 0 Å². The summed E-state index contributed by atoms with van der Waals surface area (Å²) in [5, 5.41) is 12.4. The highest BCUT2D eigenvalue weighted by Crippen LogP contribution is 2.39. The molecule has 106 valence electrons. The van der Waals surface area contributed by atoms with Gasteiger partial charge < -0.3 is 0 Å². The van der Waals surface area contributed by atoms with E-state index in [1.807, 2.05) is 20.8 Å². The van der Waals surface area contributed by atoms with Gasteiger partial charge >= 0.3 is 5.69 Å². The first kappa shape index (κ1) is 15.0. The van der Waals surface area contributed by atoms with Crippen LogP contribution in [0, 0.1) is 23.0 Å². The molecule has 0 unspecified atom stereocenters. The van der Waals surface area contributed by atoms with Crippen molar-refractivity contribution in [2.45, 2.75) is 27.2 Å². The molecule has 0 fully saturated rings. The summed E-state index contributed by atoms with van der Waals surface area (Å²) in [5.41, 5.74) is 1.62. The van der Waals surface area contributed by atoms with Crippen molar-refractivity contribution in [2.24, 2.45) is 5.92 Å². The van der Waals surface area contributed by atoms with Crippen LogP contribution in [0.25, 0.3) is 10.9 Å². The Morgan fingerprint density at radius 3 is 2.55 bits per heavy atom. The predicted octanol–water partition coefficient (Wildman–Crippen LogP) is 4.96. The Morgan fingerprint density at radius 1 is 1.35 bits per heavy atom. The van der Waals surface area contributed by atoms with E-state index < -0.39 is 4.92 Å². The van der Waals surface area contributed by atoms with Crippen LogP contribution < -0.4 is 0 Å². The second kappa shape index (κ2) is 5.54. The standard InChI is InChI=1S/C14H14Cl2N2O2/c1-7(2)6-10-14(18(19)20)12(16)11-8(3)4-5-9(15)13(11)17-10/h4-5,7H,6H2,1-3H3. The van der Waals surface area contributed by atoms with Gasteiger partial charge in [-0.3, -0.25) is 10.1 Å². The largest absolute Gasteiger partial charge is 0.309 e. The van der Waals surface area contributed by atoms with Gasteiger partial charge in [-0.1, -0.05) is 43.1 Å². The average Bonchev–Trinajstić information content (AvgIpc) is 2.32. The Balaban J connectivity index is 2.89. The van der Waals surface area contributed by atoms with Gasteiger partial charge in [0.2, 0.25) is 0 Å². The fourth-order valence-electron chi connectivity index (χ4n) is 2.20. The van der Waals surface area contributed by atoms with Gasteiger partial charge in [-0.25, -0.2) is 4.98 Å². The Kier molecular flexibility index (Phi) is 4.16. The van der Waals surface area contributed by atoms with Crippen LogP contribution in [0.1, 0.15) is 25.1 Å². The maximum Gasteiger partial charge on any atom is 0.309 e. The summed E-state index contributed by atoms with van der Waals surface area (Å²) in [6.45, 7) is 5.78. The van der Waals surface area contributed by atoms with Gasteiger partial charge in [-0.15, -0.1) is 0 Å². The molecule has 0 spiro atoms. The van der Waals surface area contributed by atoms with E-state index in [-0.39, 0.29) is 16.6 Å². The Labute approximate surface area is 126 Å². The van der Waals surface area contributed by atoms with Gasteiger partial charge in [0.05, 0.1) is 15.5 Å². The van der Waals surface area contributed by atoms with Crippen molar-refractivity contribution < 1.29 is 4.92 Å². The minimum atomic E-state index is -0.465. The molecule has 1 aromatic heterocycles. The van der Waals surface area contributed by atoms with Crippen molar-refractivity contribution >= 4 is 39.8 Å². The molecule has 0 N–H and O–H groups in total. The lowest BCUT2D eigenvalue weighted by molar-refractivity contribution is -0.385. The van der Waals surface area contributed by atoms with Crippen LogP contribution in [0.3, 0.4) is 0 Å². The summed E-state index contributed by atoms with van der Waals surface area (Å²) < 4.78 is 0. The van der Waals surface area contributed by atoms with E-state index in [1.54, 1.807) is 12.1 Å². The van der Waals surface area contributed by atoms with Crippen molar-refractivity contribution in [1.29, 1.82) is 0 Å². The van der Waals surface area contributed by atoms with Crippen LogP contribution in [-0.2, 0) is 6.42 Å². The first-order chi connectivity index (χ1) is 9.32. The van der Waals surface area contributed by atoms with E-state index >= 15 is 0 Å². The molecule has 0 aliphatic heterocycles. The second-order valence-corrected chi connectivity index (χ2v) is 5.95. The molecule has 0 bridgehead atoms. The smallest absolute Gasteiger partial charge is 0.258 e. The molecule has 0 atom stereocenters. The molecule has 1 aromatic carbocycles. The van der Waals surface area contributed by atoms with Crippen molar-refractivity contribution in [3.8, 4) is 0 Å². The zero-order valence-electron chi connectivity index (χ0n) is 11.4. The number of aryl methyl sites for hydroxylation is 1. The molecule has 2 rings (SSSR count). The number of hydrogen-bond donors (Lipinski definition) is 0. The van der Waals surface area contributed by atoms with Gasteiger partial charge in [0.1, 0.15) is 10.7 Å². The first-order valence-electron chi connectivity index (χ1n) is 6.24. The van der Waals surface area contributed by atoms with Gasteiger partial charge in [0, 0.05) is 5.39 Å². The third-order valence-corrected chi connectivity index (χ3v) is 3.74. The minimum Gasteiger partial charge on any atom is -0.258 e. The number of hydrogen-bond acceptors (Lipinski definition) is 3. The molecule has 0 saturated heterocycles. The third kappa shape index (κ3) is 2.58. The maximum absolute atomic E-state index is 11.3. The highest BCUT2D eigenvalue weighted by Gasteiger charge is 2.25. The quantitative estimate of drug-likeness (QED) is 0.594. The van der Waals surface area contributed by atoms with E-state index in [1.165, 1.54) is 0 Å². The lowest BCUT2D eigenvalue weighted by Crippen LogP contribution is -2.05. The lowest BCUT2D eigenvalue weighted by atomic mass is 10.0. The molecule has 1 heterocycles. The molecule has 0 aliphatic rings. The first-order valence-corrected chi connectivity index (χ1v) is 7.00. The van der Waals surface area contributed by atoms with E-state index in [0.717, 1.165) is 5.56 Å². The number of halogens is 2. The summed E-state index contributed by atoms with van der Waals surface area (Å²) in [6, 6.07) is 3.51. The normalized spacial score (nSPS) is 11.3. The summed E-state index contributed by atoms with van der Waals surface area (Å²) >= 11 is 12.4. The fourth-order valence-corrected chi connectivity index (χ4v) is 2.82. The van der Waals surface area contributed by atoms with E-state index in [9.17, 15) is 10.1 Å². The lowest BCUT2D eigenvalue weighted by Gasteiger charge is -2.11. The van der Waals surface area contributed by atoms with Crippen molar-refractivity contribution in [1.82, 2.24) is 4.98 Å². The van der Waals surface area contributed by atoms with E-state index in [4.69, 9.17) is 23.2 Å². The van der Waals surface area contributed by atoms with Gasteiger partial charge in [-0.05, 0) is 30.9 Å². The number of benzene rings is 1. The second-order valence-electron chi connectivity index (χ2n) is 5.16. The van der Waals surface area contributed by atoms with Crippen molar-refractivity contribution in [3.05, 3.63) is 43.5 Å². The number of nitro groups is 1. The van der Waals surface area contributed by atoms with Gasteiger partial charge in [-0.2, -0.15) is 0 Å². The molecule has 0 aliphatic carbocycles. The van der Waals surface area contributed by atoms with Gasteiger partial charge in [0.25, 0.3) is 0 Å². The molecular formula is C14H14Cl2N2O2. The highest BCUT2D eigenvalue weighted by atomic mass is 35.5. The molecule has 20 heavy (non-hydrogen) atoms. The van der Waals surface area contributed by atoms with Crippen LogP contribution in [0.4, 0.5) is 5.69 Å². The summed E-state index contributed by atoms with van der Waals surface area (Å²) in [7, 11) is 0. The Bertz CT molecular complexity index is 699. The zero-order chi connectivity index (χ0) is 15.0. The zero-order valence-corrected chi connectivity index (χ0v) is 12.9. The molecule has 0 saturated carbocycles. The highest BCUT2D eigenvalue weighted by molar-refractivity contribution is 6.40. The molecule has 2 aromatic rings. The summed E-state index contributed by atoms with van der Waals surface area (Å²) in [5.74, 6) is 0.235. The summed E-state index contributed by atoms with van der Waals surface area (Å²) in [4.78, 5) is 15.2.